The highest BCUT2D eigenvalue weighted by atomic mass is 19.1. The molecule has 1 amide bonds. The molecule has 0 spiro atoms. The SMILES string of the molecule is CC(C)(C)[C@H]1CCc2onc(C(=O)Nc3ccc(F)cc3F)c2C1. The van der Waals surface area contributed by atoms with Gasteiger partial charge in [0.25, 0.3) is 5.91 Å². The monoisotopic (exact) mass is 334 g/mol. The molecule has 1 aromatic heterocycles. The van der Waals surface area contributed by atoms with E-state index < -0.39 is 17.5 Å². The van der Waals surface area contributed by atoms with Gasteiger partial charge in [0.1, 0.15) is 17.4 Å². The van der Waals surface area contributed by atoms with Gasteiger partial charge in [0.05, 0.1) is 5.69 Å². The van der Waals surface area contributed by atoms with Crippen molar-refractivity contribution in [2.75, 3.05) is 5.32 Å². The van der Waals surface area contributed by atoms with E-state index in [0.29, 0.717) is 12.3 Å². The number of fused-ring (bicyclic) bond motifs is 1. The Morgan fingerprint density at radius 2 is 2.08 bits per heavy atom. The van der Waals surface area contributed by atoms with Crippen LogP contribution in [0.3, 0.4) is 0 Å². The minimum absolute atomic E-state index is 0.0821. The Balaban J connectivity index is 1.83. The number of aryl methyl sites for hydroxylation is 1. The van der Waals surface area contributed by atoms with E-state index in [-0.39, 0.29) is 16.8 Å². The molecule has 24 heavy (non-hydrogen) atoms. The summed E-state index contributed by atoms with van der Waals surface area (Å²) in [6, 6.07) is 3.00. The number of hydrogen-bond acceptors (Lipinski definition) is 3. The summed E-state index contributed by atoms with van der Waals surface area (Å²) >= 11 is 0. The van der Waals surface area contributed by atoms with E-state index in [9.17, 15) is 13.6 Å². The molecule has 4 nitrogen and oxygen atoms in total. The predicted octanol–water partition coefficient (Wildman–Crippen LogP) is 4.36. The van der Waals surface area contributed by atoms with Crippen molar-refractivity contribution >= 4 is 11.6 Å². The molecule has 1 aromatic carbocycles. The average molecular weight is 334 g/mol. The molecule has 1 atom stereocenters. The van der Waals surface area contributed by atoms with Gasteiger partial charge in [0.15, 0.2) is 5.69 Å². The third kappa shape index (κ3) is 3.18. The first kappa shape index (κ1) is 16.6. The van der Waals surface area contributed by atoms with Crippen LogP contribution in [0.15, 0.2) is 22.7 Å². The summed E-state index contributed by atoms with van der Waals surface area (Å²) in [6.07, 6.45) is 2.43. The highest BCUT2D eigenvalue weighted by molar-refractivity contribution is 6.04. The summed E-state index contributed by atoms with van der Waals surface area (Å²) in [5.41, 5.74) is 1.01. The van der Waals surface area contributed by atoms with Gasteiger partial charge in [-0.2, -0.15) is 0 Å². The lowest BCUT2D eigenvalue weighted by molar-refractivity contribution is 0.101. The van der Waals surface area contributed by atoms with Gasteiger partial charge < -0.3 is 9.84 Å². The second-order valence-corrected chi connectivity index (χ2v) is 7.32. The Labute approximate surface area is 139 Å². The highest BCUT2D eigenvalue weighted by Crippen LogP contribution is 2.38. The Hall–Kier alpha value is -2.24. The van der Waals surface area contributed by atoms with Gasteiger partial charge in [-0.1, -0.05) is 25.9 Å². The molecule has 1 N–H and O–H groups in total. The molecule has 6 heteroatoms. The normalized spacial score (nSPS) is 17.5. The maximum Gasteiger partial charge on any atom is 0.278 e. The van der Waals surface area contributed by atoms with Crippen LogP contribution in [0.4, 0.5) is 14.5 Å². The summed E-state index contributed by atoms with van der Waals surface area (Å²) in [5, 5.41) is 6.31. The van der Waals surface area contributed by atoms with Crippen molar-refractivity contribution in [3.05, 3.63) is 46.9 Å². The third-order valence-corrected chi connectivity index (χ3v) is 4.66. The first-order valence-electron chi connectivity index (χ1n) is 7.99. The van der Waals surface area contributed by atoms with Crippen molar-refractivity contribution < 1.29 is 18.1 Å². The van der Waals surface area contributed by atoms with E-state index in [1.54, 1.807) is 0 Å². The Morgan fingerprint density at radius 3 is 2.75 bits per heavy atom. The number of nitrogens with zero attached hydrogens (tertiary/aromatic N) is 1. The molecule has 1 aliphatic rings. The molecule has 0 aliphatic heterocycles. The smallest absolute Gasteiger partial charge is 0.278 e. The van der Waals surface area contributed by atoms with Gasteiger partial charge in [-0.25, -0.2) is 8.78 Å². The molecule has 2 aromatic rings. The molecule has 0 radical (unpaired) electrons. The van der Waals surface area contributed by atoms with Gasteiger partial charge in [-0.3, -0.25) is 4.79 Å². The highest BCUT2D eigenvalue weighted by Gasteiger charge is 2.34. The van der Waals surface area contributed by atoms with E-state index in [2.05, 4.69) is 31.2 Å². The summed E-state index contributed by atoms with van der Waals surface area (Å²) in [6.45, 7) is 6.51. The minimum Gasteiger partial charge on any atom is -0.360 e. The van der Waals surface area contributed by atoms with Crippen molar-refractivity contribution in [2.45, 2.75) is 40.0 Å². The van der Waals surface area contributed by atoms with Crippen LogP contribution in [0, 0.1) is 23.0 Å². The fraction of sp³-hybridized carbons (Fsp3) is 0.444. The average Bonchev–Trinajstić information content (AvgIpc) is 2.92. The van der Waals surface area contributed by atoms with Crippen LogP contribution >= 0.6 is 0 Å². The van der Waals surface area contributed by atoms with E-state index >= 15 is 0 Å². The number of halogens is 2. The fourth-order valence-corrected chi connectivity index (χ4v) is 3.09. The minimum atomic E-state index is -0.826. The van der Waals surface area contributed by atoms with Gasteiger partial charge >= 0.3 is 0 Å². The molecule has 1 heterocycles. The predicted molar refractivity (Wildman–Crippen MR) is 85.8 cm³/mol. The van der Waals surface area contributed by atoms with Crippen LogP contribution in [0.1, 0.15) is 49.0 Å². The number of anilines is 1. The number of benzene rings is 1. The lowest BCUT2D eigenvalue weighted by Crippen LogP contribution is -2.27. The Bertz CT molecular complexity index is 778. The summed E-state index contributed by atoms with van der Waals surface area (Å²) in [5.74, 6) is -0.926. The molecule has 0 saturated carbocycles. The van der Waals surface area contributed by atoms with E-state index in [4.69, 9.17) is 4.52 Å². The van der Waals surface area contributed by atoms with E-state index in [1.807, 2.05) is 0 Å². The topological polar surface area (TPSA) is 55.1 Å². The third-order valence-electron chi connectivity index (χ3n) is 4.66. The molecular weight excluding hydrogens is 314 g/mol. The zero-order chi connectivity index (χ0) is 17.5. The van der Waals surface area contributed by atoms with Crippen molar-refractivity contribution in [1.29, 1.82) is 0 Å². The second-order valence-electron chi connectivity index (χ2n) is 7.32. The quantitative estimate of drug-likeness (QED) is 0.888. The zero-order valence-electron chi connectivity index (χ0n) is 14.0. The van der Waals surface area contributed by atoms with Crippen LogP contribution in [0.2, 0.25) is 0 Å². The lowest BCUT2D eigenvalue weighted by Gasteiger charge is -2.33. The molecule has 0 unspecified atom stereocenters. The van der Waals surface area contributed by atoms with Gasteiger partial charge in [0.2, 0.25) is 0 Å². The first-order chi connectivity index (χ1) is 11.3. The summed E-state index contributed by atoms with van der Waals surface area (Å²) in [7, 11) is 0. The largest absolute Gasteiger partial charge is 0.360 e. The first-order valence-corrected chi connectivity index (χ1v) is 7.99. The van der Waals surface area contributed by atoms with Gasteiger partial charge in [-0.05, 0) is 36.3 Å². The van der Waals surface area contributed by atoms with Crippen molar-refractivity contribution in [2.24, 2.45) is 11.3 Å². The number of nitrogens with one attached hydrogen (secondary N) is 1. The Morgan fingerprint density at radius 1 is 1.33 bits per heavy atom. The summed E-state index contributed by atoms with van der Waals surface area (Å²) < 4.78 is 32.0. The second kappa shape index (κ2) is 6.00. The maximum atomic E-state index is 13.7. The fourth-order valence-electron chi connectivity index (χ4n) is 3.09. The zero-order valence-corrected chi connectivity index (χ0v) is 14.0. The van der Waals surface area contributed by atoms with Crippen LogP contribution in [-0.4, -0.2) is 11.1 Å². The molecule has 1 aliphatic carbocycles. The van der Waals surface area contributed by atoms with Crippen LogP contribution in [-0.2, 0) is 12.8 Å². The Kier molecular flexibility index (Phi) is 4.15. The van der Waals surface area contributed by atoms with E-state index in [1.165, 1.54) is 6.07 Å². The molecule has 0 saturated heterocycles. The molecule has 0 fully saturated rings. The van der Waals surface area contributed by atoms with Crippen LogP contribution in [0.25, 0.3) is 0 Å². The number of rotatable bonds is 2. The molecule has 3 rings (SSSR count). The van der Waals surface area contributed by atoms with Crippen molar-refractivity contribution in [1.82, 2.24) is 5.16 Å². The number of hydrogen-bond donors (Lipinski definition) is 1. The summed E-state index contributed by atoms with van der Waals surface area (Å²) in [4.78, 5) is 12.4. The van der Waals surface area contributed by atoms with Crippen LogP contribution in [0.5, 0.6) is 0 Å². The molecule has 128 valence electrons. The molecule has 0 bridgehead atoms. The number of carbonyl (C=O) groups is 1. The van der Waals surface area contributed by atoms with E-state index in [0.717, 1.165) is 36.3 Å². The van der Waals surface area contributed by atoms with Crippen LogP contribution < -0.4 is 5.32 Å². The lowest BCUT2D eigenvalue weighted by atomic mass is 9.71. The van der Waals surface area contributed by atoms with Crippen molar-refractivity contribution in [3.8, 4) is 0 Å². The maximum absolute atomic E-state index is 13.7. The number of aromatic nitrogens is 1. The number of carbonyl (C=O) groups excluding carboxylic acids is 1. The molecular formula is C18H20F2N2O2. The van der Waals surface area contributed by atoms with Gasteiger partial charge in [0, 0.05) is 18.1 Å². The van der Waals surface area contributed by atoms with Gasteiger partial charge in [-0.15, -0.1) is 0 Å². The van der Waals surface area contributed by atoms with Crippen molar-refractivity contribution in [3.63, 3.8) is 0 Å². The standard InChI is InChI=1S/C18H20F2N2O2/c1-18(2,3)10-4-7-15-12(8-10)16(22-24-15)17(23)21-14-6-5-11(19)9-13(14)20/h5-6,9-10H,4,7-8H2,1-3H3,(H,21,23)/t10-/m0/s1. The number of amides is 1.